The van der Waals surface area contributed by atoms with Gasteiger partial charge in [0.15, 0.2) is 35.0 Å². The van der Waals surface area contributed by atoms with Crippen molar-refractivity contribution >= 4 is 21.9 Å². The molecule has 4 aromatic rings. The Hall–Kier alpha value is -3.91. The van der Waals surface area contributed by atoms with E-state index >= 15 is 0 Å². The number of aromatic hydroxyl groups is 1. The SMILES string of the molecule is COc1ccc(C2Oc3c(OC)cc4c(=O)c5ccccc5oc4c3OC2CO)cc1O. The zero-order valence-electron chi connectivity index (χ0n) is 17.3. The molecule has 3 aromatic carbocycles. The molecule has 8 nitrogen and oxygen atoms in total. The molecule has 0 saturated carbocycles. The van der Waals surface area contributed by atoms with Crippen LogP contribution >= 0.6 is 0 Å². The highest BCUT2D eigenvalue weighted by molar-refractivity contribution is 5.95. The van der Waals surface area contributed by atoms with Gasteiger partial charge in [-0.2, -0.15) is 0 Å². The van der Waals surface area contributed by atoms with Crippen molar-refractivity contribution in [1.29, 1.82) is 0 Å². The van der Waals surface area contributed by atoms with E-state index in [2.05, 4.69) is 0 Å². The summed E-state index contributed by atoms with van der Waals surface area (Å²) < 4.78 is 28.9. The molecule has 164 valence electrons. The Bertz CT molecular complexity index is 1390. The Morgan fingerprint density at radius 1 is 0.938 bits per heavy atom. The summed E-state index contributed by atoms with van der Waals surface area (Å²) in [5.74, 6) is 0.940. The molecule has 2 heterocycles. The highest BCUT2D eigenvalue weighted by atomic mass is 16.6. The second-order valence-electron chi connectivity index (χ2n) is 7.35. The predicted octanol–water partition coefficient (Wildman–Crippen LogP) is 3.54. The van der Waals surface area contributed by atoms with Gasteiger partial charge in [0, 0.05) is 5.56 Å². The molecule has 8 heteroatoms. The fourth-order valence-electron chi connectivity index (χ4n) is 3.95. The number of benzene rings is 3. The first-order valence-corrected chi connectivity index (χ1v) is 9.93. The van der Waals surface area contributed by atoms with Gasteiger partial charge in [-0.3, -0.25) is 4.79 Å². The van der Waals surface area contributed by atoms with Crippen molar-refractivity contribution < 1.29 is 33.6 Å². The lowest BCUT2D eigenvalue weighted by Crippen LogP contribution is -2.36. The molecule has 0 radical (unpaired) electrons. The van der Waals surface area contributed by atoms with Crippen molar-refractivity contribution in [2.75, 3.05) is 20.8 Å². The molecule has 0 bridgehead atoms. The maximum atomic E-state index is 13.1. The summed E-state index contributed by atoms with van der Waals surface area (Å²) in [7, 11) is 2.91. The van der Waals surface area contributed by atoms with Gasteiger partial charge >= 0.3 is 0 Å². The number of ether oxygens (including phenoxy) is 4. The van der Waals surface area contributed by atoms with E-state index in [0.29, 0.717) is 22.3 Å². The third-order valence-corrected chi connectivity index (χ3v) is 5.53. The molecule has 1 aliphatic heterocycles. The number of aliphatic hydroxyl groups excluding tert-OH is 1. The normalized spacial score (nSPS) is 17.5. The maximum Gasteiger partial charge on any atom is 0.209 e. The Balaban J connectivity index is 1.71. The van der Waals surface area contributed by atoms with Crippen LogP contribution in [0.5, 0.6) is 28.7 Å². The minimum absolute atomic E-state index is 0.0703. The van der Waals surface area contributed by atoms with Crippen molar-refractivity contribution in [2.45, 2.75) is 12.2 Å². The van der Waals surface area contributed by atoms with Gasteiger partial charge in [0.25, 0.3) is 0 Å². The number of phenolic OH excluding ortho intramolecular Hbond substituents is 1. The van der Waals surface area contributed by atoms with E-state index in [1.807, 2.05) is 0 Å². The zero-order chi connectivity index (χ0) is 22.4. The van der Waals surface area contributed by atoms with Crippen LogP contribution in [0.1, 0.15) is 11.7 Å². The first-order valence-electron chi connectivity index (χ1n) is 9.93. The number of para-hydroxylation sites is 1. The third-order valence-electron chi connectivity index (χ3n) is 5.53. The molecule has 0 amide bonds. The molecule has 0 spiro atoms. The summed E-state index contributed by atoms with van der Waals surface area (Å²) in [6.07, 6.45) is -1.59. The minimum Gasteiger partial charge on any atom is -0.504 e. The molecule has 5 rings (SSSR count). The van der Waals surface area contributed by atoms with Gasteiger partial charge < -0.3 is 33.6 Å². The summed E-state index contributed by atoms with van der Waals surface area (Å²) in [6.45, 7) is -0.382. The van der Waals surface area contributed by atoms with Crippen LogP contribution in [0.3, 0.4) is 0 Å². The number of fused-ring (bicyclic) bond motifs is 4. The average molecular weight is 436 g/mol. The first-order chi connectivity index (χ1) is 15.5. The summed E-state index contributed by atoms with van der Waals surface area (Å²) in [4.78, 5) is 13.1. The van der Waals surface area contributed by atoms with Gasteiger partial charge in [0.1, 0.15) is 5.58 Å². The van der Waals surface area contributed by atoms with Crippen LogP contribution in [0.4, 0.5) is 0 Å². The summed E-state index contributed by atoms with van der Waals surface area (Å²) in [5.41, 5.74) is 0.951. The smallest absolute Gasteiger partial charge is 0.209 e. The van der Waals surface area contributed by atoms with Crippen LogP contribution in [-0.4, -0.2) is 37.1 Å². The van der Waals surface area contributed by atoms with Crippen molar-refractivity contribution in [1.82, 2.24) is 0 Å². The molecule has 1 aromatic heterocycles. The monoisotopic (exact) mass is 436 g/mol. The zero-order valence-corrected chi connectivity index (χ0v) is 17.3. The van der Waals surface area contributed by atoms with E-state index in [9.17, 15) is 15.0 Å². The van der Waals surface area contributed by atoms with Crippen LogP contribution in [-0.2, 0) is 0 Å². The lowest BCUT2D eigenvalue weighted by Gasteiger charge is -2.34. The van der Waals surface area contributed by atoms with Gasteiger partial charge in [-0.05, 0) is 30.3 Å². The lowest BCUT2D eigenvalue weighted by atomic mass is 10.0. The second-order valence-corrected chi connectivity index (χ2v) is 7.35. The highest BCUT2D eigenvalue weighted by Crippen LogP contribution is 2.50. The topological polar surface area (TPSA) is 108 Å². The van der Waals surface area contributed by atoms with E-state index in [1.165, 1.54) is 20.3 Å². The standard InChI is InChI=1S/C24H20O8/c1-28-17-8-7-12(9-15(17)26)21-19(11-25)31-24-22-14(10-18(29-2)23(24)32-21)20(27)13-5-3-4-6-16(13)30-22/h3-10,19,21,25-26H,11H2,1-2H3. The number of phenols is 1. The van der Waals surface area contributed by atoms with Gasteiger partial charge in [-0.15, -0.1) is 0 Å². The maximum absolute atomic E-state index is 13.1. The molecule has 0 saturated heterocycles. The second kappa shape index (κ2) is 7.65. The van der Waals surface area contributed by atoms with E-state index in [4.69, 9.17) is 23.4 Å². The lowest BCUT2D eigenvalue weighted by molar-refractivity contribution is -0.0134. The number of hydrogen-bond donors (Lipinski definition) is 2. The van der Waals surface area contributed by atoms with Crippen molar-refractivity contribution in [2.24, 2.45) is 0 Å². The molecular formula is C24H20O8. The molecule has 1 aliphatic rings. The number of rotatable bonds is 4. The third kappa shape index (κ3) is 2.99. The largest absolute Gasteiger partial charge is 0.504 e. The van der Waals surface area contributed by atoms with E-state index in [0.717, 1.165) is 0 Å². The average Bonchev–Trinajstić information content (AvgIpc) is 2.83. The molecule has 32 heavy (non-hydrogen) atoms. The highest BCUT2D eigenvalue weighted by Gasteiger charge is 2.37. The van der Waals surface area contributed by atoms with Crippen LogP contribution < -0.4 is 24.4 Å². The molecule has 0 fully saturated rings. The quantitative estimate of drug-likeness (QED) is 0.468. The van der Waals surface area contributed by atoms with E-state index in [1.54, 1.807) is 42.5 Å². The molecule has 2 atom stereocenters. The van der Waals surface area contributed by atoms with Gasteiger partial charge in [-0.25, -0.2) is 0 Å². The Morgan fingerprint density at radius 3 is 2.44 bits per heavy atom. The fourth-order valence-corrected chi connectivity index (χ4v) is 3.95. The van der Waals surface area contributed by atoms with Crippen molar-refractivity contribution in [3.05, 3.63) is 64.3 Å². The fraction of sp³-hybridized carbons (Fsp3) is 0.208. The Kier molecular flexibility index (Phi) is 4.79. The van der Waals surface area contributed by atoms with E-state index < -0.39 is 12.2 Å². The van der Waals surface area contributed by atoms with Crippen LogP contribution in [0, 0.1) is 0 Å². The summed E-state index contributed by atoms with van der Waals surface area (Å²) in [5, 5.41) is 20.9. The van der Waals surface area contributed by atoms with Gasteiger partial charge in [-0.1, -0.05) is 18.2 Å². The predicted molar refractivity (Wildman–Crippen MR) is 116 cm³/mol. The molecular weight excluding hydrogens is 416 g/mol. The summed E-state index contributed by atoms with van der Waals surface area (Å²) in [6, 6.07) is 13.3. The Morgan fingerprint density at radius 2 is 1.72 bits per heavy atom. The van der Waals surface area contributed by atoms with Crippen LogP contribution in [0.2, 0.25) is 0 Å². The minimum atomic E-state index is -0.831. The van der Waals surface area contributed by atoms with Crippen molar-refractivity contribution in [3.63, 3.8) is 0 Å². The molecule has 2 unspecified atom stereocenters. The number of aliphatic hydroxyl groups is 1. The van der Waals surface area contributed by atoms with Gasteiger partial charge in [0.2, 0.25) is 16.9 Å². The van der Waals surface area contributed by atoms with Crippen molar-refractivity contribution in [3.8, 4) is 28.7 Å². The Labute approximate surface area is 182 Å². The molecule has 2 N–H and O–H groups in total. The molecule has 0 aliphatic carbocycles. The number of hydrogen-bond acceptors (Lipinski definition) is 8. The van der Waals surface area contributed by atoms with Crippen LogP contribution in [0.25, 0.3) is 21.9 Å². The van der Waals surface area contributed by atoms with E-state index in [-0.39, 0.29) is 46.0 Å². The van der Waals surface area contributed by atoms with Gasteiger partial charge in [0.05, 0.1) is 31.6 Å². The van der Waals surface area contributed by atoms with Crippen LogP contribution in [0.15, 0.2) is 57.7 Å². The first kappa shape index (κ1) is 20.0. The number of methoxy groups -OCH3 is 2. The summed E-state index contributed by atoms with van der Waals surface area (Å²) >= 11 is 0.